The smallest absolute Gasteiger partial charge is 0.177 e. The van der Waals surface area contributed by atoms with E-state index in [-0.39, 0.29) is 0 Å². The summed E-state index contributed by atoms with van der Waals surface area (Å²) in [7, 11) is 0. The fourth-order valence-corrected chi connectivity index (χ4v) is 3.11. The monoisotopic (exact) mass is 236 g/mol. The third kappa shape index (κ3) is 1.75. The maximum atomic E-state index is 5.47. The number of nitrogens with one attached hydrogen (secondary N) is 1. The standard InChI is InChI=1S/C13H20N2S/c1-8(2)11-7-14-13(16)15(11)12(9-3-4-9)10-5-6-10/h7-10,12H,3-6H2,1-2H3,(H,14,16). The lowest BCUT2D eigenvalue weighted by molar-refractivity contribution is 0.377. The van der Waals surface area contributed by atoms with Crippen LogP contribution in [0.25, 0.3) is 0 Å². The summed E-state index contributed by atoms with van der Waals surface area (Å²) in [6.45, 7) is 4.51. The number of H-pyrrole nitrogens is 1. The van der Waals surface area contributed by atoms with E-state index in [0.29, 0.717) is 12.0 Å². The number of aromatic nitrogens is 2. The van der Waals surface area contributed by atoms with Gasteiger partial charge in [0.1, 0.15) is 0 Å². The van der Waals surface area contributed by atoms with Gasteiger partial charge in [0.2, 0.25) is 0 Å². The Morgan fingerprint density at radius 2 is 1.81 bits per heavy atom. The van der Waals surface area contributed by atoms with Crippen LogP contribution in [0.3, 0.4) is 0 Å². The van der Waals surface area contributed by atoms with Crippen LogP contribution in [0.5, 0.6) is 0 Å². The van der Waals surface area contributed by atoms with Crippen molar-refractivity contribution in [3.8, 4) is 0 Å². The molecule has 0 atom stereocenters. The van der Waals surface area contributed by atoms with Gasteiger partial charge in [0.05, 0.1) is 0 Å². The van der Waals surface area contributed by atoms with E-state index in [4.69, 9.17) is 12.2 Å². The molecule has 0 aromatic carbocycles. The summed E-state index contributed by atoms with van der Waals surface area (Å²) in [5.41, 5.74) is 1.40. The van der Waals surface area contributed by atoms with E-state index >= 15 is 0 Å². The van der Waals surface area contributed by atoms with Gasteiger partial charge in [-0.05, 0) is 55.7 Å². The van der Waals surface area contributed by atoms with E-state index in [9.17, 15) is 0 Å². The first-order chi connectivity index (χ1) is 7.68. The normalized spacial score (nSPS) is 21.0. The van der Waals surface area contributed by atoms with Crippen LogP contribution in [0.15, 0.2) is 6.20 Å². The zero-order valence-corrected chi connectivity index (χ0v) is 10.9. The van der Waals surface area contributed by atoms with E-state index in [2.05, 4.69) is 29.6 Å². The lowest BCUT2D eigenvalue weighted by atomic mass is 10.0. The number of aromatic amines is 1. The third-order valence-corrected chi connectivity index (χ3v) is 4.25. The number of rotatable bonds is 4. The van der Waals surface area contributed by atoms with Gasteiger partial charge in [0, 0.05) is 17.9 Å². The Balaban J connectivity index is 2.01. The second-order valence-electron chi connectivity index (χ2n) is 5.71. The summed E-state index contributed by atoms with van der Waals surface area (Å²) < 4.78 is 3.38. The van der Waals surface area contributed by atoms with Crippen molar-refractivity contribution < 1.29 is 0 Å². The van der Waals surface area contributed by atoms with E-state index < -0.39 is 0 Å². The number of imidazole rings is 1. The third-order valence-electron chi connectivity index (χ3n) is 3.94. The minimum absolute atomic E-state index is 0.563. The van der Waals surface area contributed by atoms with Crippen molar-refractivity contribution in [3.63, 3.8) is 0 Å². The molecule has 3 rings (SSSR count). The first-order valence-electron chi connectivity index (χ1n) is 6.48. The molecule has 3 heteroatoms. The van der Waals surface area contributed by atoms with Crippen LogP contribution in [-0.2, 0) is 0 Å². The van der Waals surface area contributed by atoms with Gasteiger partial charge in [-0.2, -0.15) is 0 Å². The Bertz CT molecular complexity index is 423. The molecule has 0 aliphatic heterocycles. The molecule has 2 saturated carbocycles. The SMILES string of the molecule is CC(C)c1c[nH]c(=S)n1C(C1CC1)C1CC1. The fraction of sp³-hybridized carbons (Fsp3) is 0.769. The molecule has 2 aliphatic rings. The molecule has 0 radical (unpaired) electrons. The molecular formula is C13H20N2S. The first-order valence-corrected chi connectivity index (χ1v) is 6.89. The highest BCUT2D eigenvalue weighted by Crippen LogP contribution is 2.52. The van der Waals surface area contributed by atoms with Crippen molar-refractivity contribution in [3.05, 3.63) is 16.7 Å². The number of hydrogen-bond donors (Lipinski definition) is 1. The van der Waals surface area contributed by atoms with Crippen molar-refractivity contribution in [2.75, 3.05) is 0 Å². The average Bonchev–Trinajstić information content (AvgIpc) is 3.10. The fourth-order valence-electron chi connectivity index (χ4n) is 2.83. The molecule has 1 heterocycles. The predicted octanol–water partition coefficient (Wildman–Crippen LogP) is 4.03. The van der Waals surface area contributed by atoms with Gasteiger partial charge < -0.3 is 9.55 Å². The molecular weight excluding hydrogens is 216 g/mol. The van der Waals surface area contributed by atoms with Crippen LogP contribution in [0.2, 0.25) is 0 Å². The summed E-state index contributed by atoms with van der Waals surface area (Å²) in [6.07, 6.45) is 7.75. The van der Waals surface area contributed by atoms with Gasteiger partial charge in [-0.1, -0.05) is 13.8 Å². The van der Waals surface area contributed by atoms with Crippen LogP contribution in [-0.4, -0.2) is 9.55 Å². The molecule has 0 saturated heterocycles. The summed E-state index contributed by atoms with van der Waals surface area (Å²) in [4.78, 5) is 3.24. The Kier molecular flexibility index (Phi) is 2.46. The lowest BCUT2D eigenvalue weighted by Crippen LogP contribution is -2.17. The molecule has 2 aliphatic carbocycles. The Morgan fingerprint density at radius 3 is 2.25 bits per heavy atom. The van der Waals surface area contributed by atoms with Crippen molar-refractivity contribution in [2.45, 2.75) is 51.5 Å². The molecule has 1 aromatic heterocycles. The van der Waals surface area contributed by atoms with Gasteiger partial charge in [0.15, 0.2) is 4.77 Å². The lowest BCUT2D eigenvalue weighted by Gasteiger charge is -2.22. The van der Waals surface area contributed by atoms with Gasteiger partial charge in [-0.3, -0.25) is 0 Å². The van der Waals surface area contributed by atoms with E-state index in [1.807, 2.05) is 0 Å². The van der Waals surface area contributed by atoms with Crippen molar-refractivity contribution in [1.29, 1.82) is 0 Å². The van der Waals surface area contributed by atoms with Gasteiger partial charge >= 0.3 is 0 Å². The second-order valence-corrected chi connectivity index (χ2v) is 6.10. The van der Waals surface area contributed by atoms with Gasteiger partial charge in [0.25, 0.3) is 0 Å². The summed E-state index contributed by atoms with van der Waals surface area (Å²) >= 11 is 5.47. The van der Waals surface area contributed by atoms with Crippen LogP contribution >= 0.6 is 12.2 Å². The highest BCUT2D eigenvalue weighted by atomic mass is 32.1. The minimum Gasteiger partial charge on any atom is -0.337 e. The topological polar surface area (TPSA) is 20.7 Å². The molecule has 2 nitrogen and oxygen atoms in total. The molecule has 0 bridgehead atoms. The molecule has 88 valence electrons. The van der Waals surface area contributed by atoms with Crippen molar-refractivity contribution in [2.24, 2.45) is 11.8 Å². The largest absolute Gasteiger partial charge is 0.337 e. The van der Waals surface area contributed by atoms with Crippen LogP contribution in [0.4, 0.5) is 0 Å². The zero-order chi connectivity index (χ0) is 11.3. The van der Waals surface area contributed by atoms with Gasteiger partial charge in [-0.25, -0.2) is 0 Å². The highest BCUT2D eigenvalue weighted by Gasteiger charge is 2.43. The molecule has 1 N–H and O–H groups in total. The number of nitrogens with zero attached hydrogens (tertiary/aromatic N) is 1. The Morgan fingerprint density at radius 1 is 1.25 bits per heavy atom. The zero-order valence-electron chi connectivity index (χ0n) is 10.1. The Labute approximate surface area is 102 Å². The quantitative estimate of drug-likeness (QED) is 0.783. The molecule has 2 fully saturated rings. The highest BCUT2D eigenvalue weighted by molar-refractivity contribution is 7.71. The van der Waals surface area contributed by atoms with E-state index in [1.54, 1.807) is 0 Å². The average molecular weight is 236 g/mol. The van der Waals surface area contributed by atoms with Gasteiger partial charge in [-0.15, -0.1) is 0 Å². The summed E-state index contributed by atoms with van der Waals surface area (Å²) in [6, 6.07) is 0.705. The van der Waals surface area contributed by atoms with Crippen molar-refractivity contribution >= 4 is 12.2 Å². The van der Waals surface area contributed by atoms with Crippen LogP contribution in [0.1, 0.15) is 57.2 Å². The second kappa shape index (κ2) is 3.73. The first kappa shape index (κ1) is 10.6. The number of hydrogen-bond acceptors (Lipinski definition) is 1. The molecule has 0 amide bonds. The van der Waals surface area contributed by atoms with Crippen LogP contribution in [0, 0.1) is 16.6 Å². The molecule has 1 aromatic rings. The maximum Gasteiger partial charge on any atom is 0.177 e. The summed E-state index contributed by atoms with van der Waals surface area (Å²) in [5, 5.41) is 0. The summed E-state index contributed by atoms with van der Waals surface area (Å²) in [5.74, 6) is 2.38. The minimum atomic E-state index is 0.563. The van der Waals surface area contributed by atoms with E-state index in [1.165, 1.54) is 31.4 Å². The maximum absolute atomic E-state index is 5.47. The molecule has 0 unspecified atom stereocenters. The predicted molar refractivity (Wildman–Crippen MR) is 68.2 cm³/mol. The van der Waals surface area contributed by atoms with Crippen molar-refractivity contribution in [1.82, 2.24) is 9.55 Å². The van der Waals surface area contributed by atoms with Crippen LogP contribution < -0.4 is 0 Å². The molecule has 0 spiro atoms. The van der Waals surface area contributed by atoms with E-state index in [0.717, 1.165) is 16.6 Å². The molecule has 16 heavy (non-hydrogen) atoms. The Hall–Kier alpha value is -0.570.